The molecule has 7 amide bonds. The summed E-state index contributed by atoms with van der Waals surface area (Å²) in [6.45, 7) is 7.47. The third kappa shape index (κ3) is 12.5. The minimum atomic E-state index is -1.14. The molecule has 0 saturated carbocycles. The van der Waals surface area contributed by atoms with E-state index >= 15 is 0 Å². The molecule has 14 heteroatoms. The van der Waals surface area contributed by atoms with Crippen LogP contribution in [0.25, 0.3) is 0 Å². The summed E-state index contributed by atoms with van der Waals surface area (Å²) in [5, 5.41) is 8.79. The van der Waals surface area contributed by atoms with Crippen molar-refractivity contribution < 1.29 is 33.6 Å². The van der Waals surface area contributed by atoms with E-state index in [1.165, 1.54) is 33.7 Å². The van der Waals surface area contributed by atoms with E-state index in [9.17, 15) is 33.6 Å². The summed E-state index contributed by atoms with van der Waals surface area (Å²) in [5.74, 6) is -4.10. The minimum absolute atomic E-state index is 0.0479. The third-order valence-electron chi connectivity index (χ3n) is 12.4. The highest BCUT2D eigenvalue weighted by Crippen LogP contribution is 2.24. The standard InChI is InChI=1S/C49H65N7O7/c1-8-33(4)43-45(59)51-37(27-32(2)3)46(60)55(7)41(30-36-23-16-11-17-24-36)49(63)56-26-18-25-39(56)48(62)53(5)31-42(57)50-38(28-34-19-12-9-13-20-34)47(61)54(6)40(44(58)52-43)29-35-21-14-10-15-22-35/h9-17,19-24,32-33,37-41,43H,8,18,25-31H2,1-7H3,(H,50,57)(H,51,59)(H,52,58). The van der Waals surface area contributed by atoms with Crippen LogP contribution in [0, 0.1) is 11.8 Å². The second-order valence-electron chi connectivity index (χ2n) is 17.6. The number of rotatable bonds is 10. The first-order valence-corrected chi connectivity index (χ1v) is 22.2. The highest BCUT2D eigenvalue weighted by Gasteiger charge is 2.43. The molecule has 3 aromatic rings. The lowest BCUT2D eigenvalue weighted by Gasteiger charge is -2.36. The van der Waals surface area contributed by atoms with Gasteiger partial charge in [-0.25, -0.2) is 0 Å². The van der Waals surface area contributed by atoms with Gasteiger partial charge in [-0.1, -0.05) is 125 Å². The third-order valence-corrected chi connectivity index (χ3v) is 12.4. The maximum atomic E-state index is 14.8. The lowest BCUT2D eigenvalue weighted by Crippen LogP contribution is -2.61. The first-order valence-electron chi connectivity index (χ1n) is 22.2. The molecule has 7 unspecified atom stereocenters. The Morgan fingerprint density at radius 3 is 1.63 bits per heavy atom. The molecule has 7 atom stereocenters. The van der Waals surface area contributed by atoms with Crippen LogP contribution in [-0.2, 0) is 52.8 Å². The van der Waals surface area contributed by atoms with Gasteiger partial charge in [0.15, 0.2) is 0 Å². The zero-order valence-electron chi connectivity index (χ0n) is 37.8. The SMILES string of the molecule is CCC(C)C1NC(=O)C(Cc2ccccc2)N(C)C(=O)C(Cc2ccccc2)NC(=O)CN(C)C(=O)C2CCCN2C(=O)C(Cc2ccccc2)N(C)C(=O)C(CC(C)C)NC1=O. The number of carbonyl (C=O) groups excluding carboxylic acids is 7. The van der Waals surface area contributed by atoms with Crippen LogP contribution in [0.1, 0.15) is 70.1 Å². The van der Waals surface area contributed by atoms with Crippen LogP contribution < -0.4 is 16.0 Å². The Balaban J connectivity index is 1.61. The average molecular weight is 864 g/mol. The van der Waals surface area contributed by atoms with E-state index in [2.05, 4.69) is 16.0 Å². The zero-order chi connectivity index (χ0) is 45.8. The molecule has 5 rings (SSSR count). The van der Waals surface area contributed by atoms with Gasteiger partial charge in [-0.15, -0.1) is 0 Å². The van der Waals surface area contributed by atoms with Gasteiger partial charge in [0.25, 0.3) is 0 Å². The van der Waals surface area contributed by atoms with Crippen LogP contribution in [0.15, 0.2) is 91.0 Å². The molecule has 2 saturated heterocycles. The van der Waals surface area contributed by atoms with E-state index < -0.39 is 84.1 Å². The number of nitrogens with zero attached hydrogens (tertiary/aromatic N) is 4. The Morgan fingerprint density at radius 2 is 1.10 bits per heavy atom. The maximum Gasteiger partial charge on any atom is 0.246 e. The first-order chi connectivity index (χ1) is 30.1. The maximum absolute atomic E-state index is 14.8. The number of fused-ring (bicyclic) bond motifs is 1. The van der Waals surface area contributed by atoms with Gasteiger partial charge in [0.1, 0.15) is 36.3 Å². The minimum Gasteiger partial charge on any atom is -0.342 e. The van der Waals surface area contributed by atoms with Gasteiger partial charge >= 0.3 is 0 Å². The monoisotopic (exact) mass is 863 g/mol. The Morgan fingerprint density at radius 1 is 0.587 bits per heavy atom. The summed E-state index contributed by atoms with van der Waals surface area (Å²) in [5.41, 5.74) is 2.33. The van der Waals surface area contributed by atoms with Crippen LogP contribution in [-0.4, -0.2) is 131 Å². The lowest BCUT2D eigenvalue weighted by atomic mass is 9.95. The molecule has 0 aromatic heterocycles. The average Bonchev–Trinajstić information content (AvgIpc) is 3.77. The second-order valence-corrected chi connectivity index (χ2v) is 17.6. The quantitative estimate of drug-likeness (QED) is 0.281. The molecule has 338 valence electrons. The molecule has 0 radical (unpaired) electrons. The Labute approximate surface area is 372 Å². The lowest BCUT2D eigenvalue weighted by molar-refractivity contribution is -0.150. The largest absolute Gasteiger partial charge is 0.342 e. The van der Waals surface area contributed by atoms with Crippen molar-refractivity contribution in [3.63, 3.8) is 0 Å². The van der Waals surface area contributed by atoms with Crippen molar-refractivity contribution in [2.75, 3.05) is 34.2 Å². The molecule has 2 heterocycles. The predicted octanol–water partition coefficient (Wildman–Crippen LogP) is 3.38. The first kappa shape index (κ1) is 48.0. The van der Waals surface area contributed by atoms with E-state index in [0.29, 0.717) is 19.3 Å². The van der Waals surface area contributed by atoms with Gasteiger partial charge in [0.2, 0.25) is 41.4 Å². The topological polar surface area (TPSA) is 169 Å². The molecule has 63 heavy (non-hydrogen) atoms. The van der Waals surface area contributed by atoms with Crippen molar-refractivity contribution in [1.82, 2.24) is 35.6 Å². The fourth-order valence-corrected chi connectivity index (χ4v) is 8.49. The van der Waals surface area contributed by atoms with Crippen LogP contribution in [0.5, 0.6) is 0 Å². The van der Waals surface area contributed by atoms with Gasteiger partial charge in [0, 0.05) is 47.0 Å². The van der Waals surface area contributed by atoms with Crippen molar-refractivity contribution >= 4 is 41.4 Å². The highest BCUT2D eigenvalue weighted by atomic mass is 16.2. The van der Waals surface area contributed by atoms with Gasteiger partial charge in [-0.05, 0) is 47.8 Å². The molecule has 14 nitrogen and oxygen atoms in total. The van der Waals surface area contributed by atoms with Gasteiger partial charge in [0.05, 0.1) is 6.54 Å². The van der Waals surface area contributed by atoms with Crippen molar-refractivity contribution in [3.8, 4) is 0 Å². The van der Waals surface area contributed by atoms with Gasteiger partial charge in [-0.2, -0.15) is 0 Å². The molecule has 0 aliphatic carbocycles. The Kier molecular flexibility index (Phi) is 17.0. The van der Waals surface area contributed by atoms with E-state index in [0.717, 1.165) is 16.7 Å². The molecule has 2 aliphatic heterocycles. The van der Waals surface area contributed by atoms with E-state index in [-0.39, 0.29) is 44.1 Å². The number of nitrogens with one attached hydrogen (secondary N) is 3. The summed E-state index contributed by atoms with van der Waals surface area (Å²) in [4.78, 5) is 107. The molecule has 2 fully saturated rings. The summed E-state index contributed by atoms with van der Waals surface area (Å²) in [6.07, 6.45) is 1.99. The number of hydrogen-bond acceptors (Lipinski definition) is 7. The van der Waals surface area contributed by atoms with E-state index in [4.69, 9.17) is 0 Å². The number of likely N-dealkylation sites (N-methyl/N-ethyl adjacent to an activating group) is 3. The van der Waals surface area contributed by atoms with E-state index in [1.54, 1.807) is 7.05 Å². The fourth-order valence-electron chi connectivity index (χ4n) is 8.49. The Hall–Kier alpha value is -6.05. The van der Waals surface area contributed by atoms with Gasteiger partial charge < -0.3 is 35.6 Å². The molecule has 0 spiro atoms. The number of hydrogen-bond donors (Lipinski definition) is 3. The molecular formula is C49H65N7O7. The van der Waals surface area contributed by atoms with Crippen molar-refractivity contribution in [1.29, 1.82) is 0 Å². The van der Waals surface area contributed by atoms with Crippen molar-refractivity contribution in [3.05, 3.63) is 108 Å². The van der Waals surface area contributed by atoms with Crippen LogP contribution in [0.4, 0.5) is 0 Å². The number of amides is 7. The summed E-state index contributed by atoms with van der Waals surface area (Å²) < 4.78 is 0. The summed E-state index contributed by atoms with van der Waals surface area (Å²) in [6, 6.07) is 21.3. The number of benzene rings is 3. The smallest absolute Gasteiger partial charge is 0.246 e. The van der Waals surface area contributed by atoms with Gasteiger partial charge in [-0.3, -0.25) is 33.6 Å². The molecule has 3 aromatic carbocycles. The molecule has 0 bridgehead atoms. The fraction of sp³-hybridized carbons (Fsp3) is 0.490. The number of carbonyl (C=O) groups is 7. The molecule has 2 aliphatic rings. The second kappa shape index (κ2) is 22.3. The highest BCUT2D eigenvalue weighted by molar-refractivity contribution is 5.98. The van der Waals surface area contributed by atoms with Crippen molar-refractivity contribution in [2.24, 2.45) is 11.8 Å². The van der Waals surface area contributed by atoms with Crippen molar-refractivity contribution in [2.45, 2.75) is 109 Å². The van der Waals surface area contributed by atoms with E-state index in [1.807, 2.05) is 119 Å². The zero-order valence-corrected chi connectivity index (χ0v) is 37.8. The summed E-state index contributed by atoms with van der Waals surface area (Å²) in [7, 11) is 4.55. The van der Waals surface area contributed by atoms with Crippen LogP contribution in [0.3, 0.4) is 0 Å². The summed E-state index contributed by atoms with van der Waals surface area (Å²) >= 11 is 0. The molecular weight excluding hydrogens is 799 g/mol. The molecule has 3 N–H and O–H groups in total. The normalized spacial score (nSPS) is 24.4. The predicted molar refractivity (Wildman–Crippen MR) is 241 cm³/mol. The Bertz CT molecular complexity index is 2050. The van der Waals surface area contributed by atoms with Crippen LogP contribution in [0.2, 0.25) is 0 Å². The van der Waals surface area contributed by atoms with Crippen LogP contribution >= 0.6 is 0 Å².